The van der Waals surface area contributed by atoms with Gasteiger partial charge in [-0.3, -0.25) is 19.0 Å². The van der Waals surface area contributed by atoms with E-state index in [1.165, 1.54) is 17.0 Å². The normalized spacial score (nSPS) is 10.6. The number of rotatable bonds is 5. The number of carbonyl (C=O) groups is 2. The van der Waals surface area contributed by atoms with Crippen molar-refractivity contribution in [3.05, 3.63) is 64.2 Å². The Balaban J connectivity index is 2.18. The van der Waals surface area contributed by atoms with Crippen molar-refractivity contribution in [1.29, 1.82) is 0 Å². The first-order valence-electron chi connectivity index (χ1n) is 7.59. The summed E-state index contributed by atoms with van der Waals surface area (Å²) in [5.41, 5.74) is -0.487. The van der Waals surface area contributed by atoms with Gasteiger partial charge < -0.3 is 15.5 Å². The average molecular weight is 354 g/mol. The fourth-order valence-corrected chi connectivity index (χ4v) is 2.51. The maximum atomic E-state index is 12.8. The Hall–Kier alpha value is -3.75. The number of aliphatic carboxylic acids is 1. The number of carboxylic acids is 1. The Kier molecular flexibility index (Phi) is 4.61. The third kappa shape index (κ3) is 3.22. The second kappa shape index (κ2) is 7.01. The van der Waals surface area contributed by atoms with Crippen LogP contribution in [0.1, 0.15) is 15.9 Å². The zero-order valence-corrected chi connectivity index (χ0v) is 13.4. The number of carboxylic acid groups (broad SMARTS) is 1. The van der Waals surface area contributed by atoms with E-state index in [4.69, 9.17) is 5.11 Å². The van der Waals surface area contributed by atoms with E-state index >= 15 is 0 Å². The SMILES string of the molecule is O=C(O)CNC(=O)c1c(O)c2nccnc2n(Cc2ccccc2)c1=O. The monoisotopic (exact) mass is 354 g/mol. The van der Waals surface area contributed by atoms with E-state index in [0.717, 1.165) is 5.56 Å². The molecule has 0 saturated heterocycles. The summed E-state index contributed by atoms with van der Waals surface area (Å²) in [4.78, 5) is 43.8. The smallest absolute Gasteiger partial charge is 0.322 e. The Morgan fingerprint density at radius 2 is 1.81 bits per heavy atom. The minimum Gasteiger partial charge on any atom is -0.505 e. The Morgan fingerprint density at radius 1 is 1.12 bits per heavy atom. The van der Waals surface area contributed by atoms with Gasteiger partial charge in [-0.25, -0.2) is 9.97 Å². The first kappa shape index (κ1) is 17.1. The van der Waals surface area contributed by atoms with Gasteiger partial charge in [0, 0.05) is 12.4 Å². The van der Waals surface area contributed by atoms with Gasteiger partial charge in [0.05, 0.1) is 6.54 Å². The summed E-state index contributed by atoms with van der Waals surface area (Å²) >= 11 is 0. The molecule has 0 aliphatic carbocycles. The number of nitrogens with zero attached hydrogens (tertiary/aromatic N) is 3. The number of fused-ring (bicyclic) bond motifs is 1. The Bertz CT molecular complexity index is 1050. The summed E-state index contributed by atoms with van der Waals surface area (Å²) in [7, 11) is 0. The number of benzene rings is 1. The number of hydrogen-bond donors (Lipinski definition) is 3. The molecule has 26 heavy (non-hydrogen) atoms. The maximum absolute atomic E-state index is 12.8. The van der Waals surface area contributed by atoms with Crippen LogP contribution in [-0.4, -0.2) is 43.2 Å². The van der Waals surface area contributed by atoms with Gasteiger partial charge in [0.2, 0.25) is 0 Å². The third-order valence-corrected chi connectivity index (χ3v) is 3.67. The summed E-state index contributed by atoms with van der Waals surface area (Å²) in [6.07, 6.45) is 2.69. The Morgan fingerprint density at radius 3 is 2.50 bits per heavy atom. The van der Waals surface area contributed by atoms with Crippen molar-refractivity contribution in [1.82, 2.24) is 19.9 Å². The molecule has 0 fully saturated rings. The van der Waals surface area contributed by atoms with Crippen LogP contribution in [0.4, 0.5) is 0 Å². The fourth-order valence-electron chi connectivity index (χ4n) is 2.51. The van der Waals surface area contributed by atoms with Crippen LogP contribution in [0, 0.1) is 0 Å². The highest BCUT2D eigenvalue weighted by Gasteiger charge is 2.24. The number of carbonyl (C=O) groups excluding carboxylic acids is 1. The lowest BCUT2D eigenvalue weighted by atomic mass is 10.1. The zero-order chi connectivity index (χ0) is 18.7. The molecule has 9 nitrogen and oxygen atoms in total. The average Bonchev–Trinajstić information content (AvgIpc) is 2.64. The van der Waals surface area contributed by atoms with Crippen LogP contribution in [0.3, 0.4) is 0 Å². The van der Waals surface area contributed by atoms with Crippen LogP contribution in [0.25, 0.3) is 11.2 Å². The first-order chi connectivity index (χ1) is 12.5. The number of pyridine rings is 1. The van der Waals surface area contributed by atoms with Crippen LogP contribution < -0.4 is 10.9 Å². The third-order valence-electron chi connectivity index (χ3n) is 3.67. The lowest BCUT2D eigenvalue weighted by Gasteiger charge is -2.13. The number of amides is 1. The molecular weight excluding hydrogens is 340 g/mol. The molecule has 1 amide bonds. The van der Waals surface area contributed by atoms with E-state index in [-0.39, 0.29) is 17.7 Å². The van der Waals surface area contributed by atoms with Crippen LogP contribution in [-0.2, 0) is 11.3 Å². The molecule has 3 N–H and O–H groups in total. The van der Waals surface area contributed by atoms with E-state index in [1.54, 1.807) is 24.3 Å². The molecule has 132 valence electrons. The minimum atomic E-state index is -1.27. The topological polar surface area (TPSA) is 134 Å². The molecule has 2 heterocycles. The molecule has 0 unspecified atom stereocenters. The van der Waals surface area contributed by atoms with Crippen molar-refractivity contribution in [3.8, 4) is 5.75 Å². The highest BCUT2D eigenvalue weighted by Crippen LogP contribution is 2.23. The molecule has 9 heteroatoms. The summed E-state index contributed by atoms with van der Waals surface area (Å²) < 4.78 is 1.22. The number of nitrogens with one attached hydrogen (secondary N) is 1. The molecule has 0 bridgehead atoms. The largest absolute Gasteiger partial charge is 0.505 e. The van der Waals surface area contributed by atoms with Crippen molar-refractivity contribution in [2.75, 3.05) is 6.54 Å². The second-order valence-corrected chi connectivity index (χ2v) is 5.41. The van der Waals surface area contributed by atoms with Gasteiger partial charge in [-0.2, -0.15) is 0 Å². The maximum Gasteiger partial charge on any atom is 0.322 e. The van der Waals surface area contributed by atoms with E-state index in [0.29, 0.717) is 0 Å². The van der Waals surface area contributed by atoms with Gasteiger partial charge in [-0.1, -0.05) is 30.3 Å². The van der Waals surface area contributed by atoms with E-state index in [2.05, 4.69) is 15.3 Å². The van der Waals surface area contributed by atoms with Gasteiger partial charge in [0.25, 0.3) is 11.5 Å². The molecule has 1 aromatic carbocycles. The van der Waals surface area contributed by atoms with Crippen LogP contribution in [0.15, 0.2) is 47.5 Å². The van der Waals surface area contributed by atoms with E-state index in [1.807, 2.05) is 6.07 Å². The summed E-state index contributed by atoms with van der Waals surface area (Å²) in [5.74, 6) is -2.91. The van der Waals surface area contributed by atoms with Crippen molar-refractivity contribution in [3.63, 3.8) is 0 Å². The molecule has 0 radical (unpaired) electrons. The van der Waals surface area contributed by atoms with Gasteiger partial charge >= 0.3 is 5.97 Å². The predicted molar refractivity (Wildman–Crippen MR) is 91.0 cm³/mol. The Labute approximate surface area is 146 Å². The molecule has 0 spiro atoms. The van der Waals surface area contributed by atoms with Crippen molar-refractivity contribution >= 4 is 23.0 Å². The minimum absolute atomic E-state index is 0.0245. The van der Waals surface area contributed by atoms with Crippen LogP contribution in [0.5, 0.6) is 5.75 Å². The zero-order valence-electron chi connectivity index (χ0n) is 13.4. The van der Waals surface area contributed by atoms with Crippen LogP contribution in [0.2, 0.25) is 0 Å². The lowest BCUT2D eigenvalue weighted by Crippen LogP contribution is -2.36. The van der Waals surface area contributed by atoms with Gasteiger partial charge in [-0.05, 0) is 5.56 Å². The fraction of sp³-hybridized carbons (Fsp3) is 0.118. The molecule has 0 aliphatic heterocycles. The van der Waals surface area contributed by atoms with Gasteiger partial charge in [0.1, 0.15) is 17.6 Å². The summed E-state index contributed by atoms with van der Waals surface area (Å²) in [6, 6.07) is 9.02. The number of aromatic nitrogens is 3. The lowest BCUT2D eigenvalue weighted by molar-refractivity contribution is -0.135. The van der Waals surface area contributed by atoms with E-state index in [9.17, 15) is 19.5 Å². The molecule has 3 aromatic rings. The van der Waals surface area contributed by atoms with Gasteiger partial charge in [-0.15, -0.1) is 0 Å². The summed E-state index contributed by atoms with van der Waals surface area (Å²) in [6.45, 7) is -0.580. The van der Waals surface area contributed by atoms with Crippen molar-refractivity contribution in [2.24, 2.45) is 0 Å². The highest BCUT2D eigenvalue weighted by atomic mass is 16.4. The first-order valence-corrected chi connectivity index (χ1v) is 7.59. The molecule has 0 atom stereocenters. The molecular formula is C17H14N4O5. The number of hydrogen-bond acceptors (Lipinski definition) is 6. The molecule has 2 aromatic heterocycles. The van der Waals surface area contributed by atoms with Crippen molar-refractivity contribution in [2.45, 2.75) is 6.54 Å². The molecule has 0 aliphatic rings. The summed E-state index contributed by atoms with van der Waals surface area (Å²) in [5, 5.41) is 21.1. The predicted octanol–water partition coefficient (Wildman–Crippen LogP) is 0.360. The van der Waals surface area contributed by atoms with Crippen molar-refractivity contribution < 1.29 is 19.8 Å². The van der Waals surface area contributed by atoms with Gasteiger partial charge in [0.15, 0.2) is 11.4 Å². The highest BCUT2D eigenvalue weighted by molar-refractivity contribution is 6.01. The molecule has 3 rings (SSSR count). The number of aromatic hydroxyl groups is 1. The quantitative estimate of drug-likeness (QED) is 0.602. The van der Waals surface area contributed by atoms with Crippen LogP contribution >= 0.6 is 0 Å². The standard InChI is InChI=1S/C17H14N4O5/c22-11(23)8-20-16(25)12-14(24)13-15(19-7-6-18-13)21(17(12)26)9-10-4-2-1-3-5-10/h1-7,24H,8-9H2,(H,20,25)(H,22,23). The molecule has 0 saturated carbocycles. The van der Waals surface area contributed by atoms with E-state index < -0.39 is 35.3 Å². The second-order valence-electron chi connectivity index (χ2n) is 5.41.